The van der Waals surface area contributed by atoms with Gasteiger partial charge in [-0.1, -0.05) is 13.8 Å². The second-order valence-electron chi connectivity index (χ2n) is 4.44. The van der Waals surface area contributed by atoms with Gasteiger partial charge < -0.3 is 0 Å². The van der Waals surface area contributed by atoms with Crippen LogP contribution in [0.2, 0.25) is 0 Å². The van der Waals surface area contributed by atoms with Gasteiger partial charge in [0.15, 0.2) is 0 Å². The van der Waals surface area contributed by atoms with Gasteiger partial charge in [0.2, 0.25) is 0 Å². The van der Waals surface area contributed by atoms with Crippen molar-refractivity contribution in [1.82, 2.24) is 0 Å². The van der Waals surface area contributed by atoms with Crippen LogP contribution in [0.1, 0.15) is 47.0 Å². The molecule has 0 saturated carbocycles. The van der Waals surface area contributed by atoms with Crippen LogP contribution in [-0.4, -0.2) is 11.4 Å². The molecule has 0 aromatic carbocycles. The Morgan fingerprint density at radius 2 is 2.00 bits per heavy atom. The SMILES string of the molecule is CC1=NN=C(C)C(CC(C)C)CC1. The lowest BCUT2D eigenvalue weighted by atomic mass is 9.89. The van der Waals surface area contributed by atoms with E-state index in [1.54, 1.807) is 0 Å². The summed E-state index contributed by atoms with van der Waals surface area (Å²) in [7, 11) is 0. The lowest BCUT2D eigenvalue weighted by Crippen LogP contribution is -2.13. The fourth-order valence-corrected chi connectivity index (χ4v) is 1.75. The summed E-state index contributed by atoms with van der Waals surface area (Å²) >= 11 is 0. The monoisotopic (exact) mass is 180 g/mol. The van der Waals surface area contributed by atoms with Crippen molar-refractivity contribution in [3.8, 4) is 0 Å². The van der Waals surface area contributed by atoms with E-state index in [1.807, 2.05) is 0 Å². The first-order valence-electron chi connectivity index (χ1n) is 5.17. The Morgan fingerprint density at radius 1 is 1.31 bits per heavy atom. The van der Waals surface area contributed by atoms with Crippen LogP contribution in [-0.2, 0) is 0 Å². The molecule has 0 radical (unpaired) electrons. The highest BCUT2D eigenvalue weighted by Gasteiger charge is 2.16. The van der Waals surface area contributed by atoms with E-state index < -0.39 is 0 Å². The van der Waals surface area contributed by atoms with Crippen molar-refractivity contribution < 1.29 is 0 Å². The lowest BCUT2D eigenvalue weighted by Gasteiger charge is -2.16. The molecule has 0 bridgehead atoms. The van der Waals surface area contributed by atoms with E-state index in [9.17, 15) is 0 Å². The summed E-state index contributed by atoms with van der Waals surface area (Å²) in [6.45, 7) is 8.71. The Labute approximate surface area is 81.1 Å². The van der Waals surface area contributed by atoms with Gasteiger partial charge in [0.1, 0.15) is 0 Å². The van der Waals surface area contributed by atoms with Crippen molar-refractivity contribution in [2.45, 2.75) is 47.0 Å². The summed E-state index contributed by atoms with van der Waals surface area (Å²) in [6, 6.07) is 0. The van der Waals surface area contributed by atoms with Crippen LogP contribution >= 0.6 is 0 Å². The molecule has 13 heavy (non-hydrogen) atoms. The lowest BCUT2D eigenvalue weighted by molar-refractivity contribution is 0.478. The van der Waals surface area contributed by atoms with Crippen molar-refractivity contribution in [1.29, 1.82) is 0 Å². The van der Waals surface area contributed by atoms with Crippen LogP contribution in [0, 0.1) is 11.8 Å². The standard InChI is InChI=1S/C11H20N2/c1-8(2)7-11-6-5-9(3)12-13-10(11)4/h8,11H,5-7H2,1-4H3. The fraction of sp³-hybridized carbons (Fsp3) is 0.818. The van der Waals surface area contributed by atoms with E-state index >= 15 is 0 Å². The molecule has 1 atom stereocenters. The molecule has 74 valence electrons. The van der Waals surface area contributed by atoms with Gasteiger partial charge in [0.05, 0.1) is 0 Å². The van der Waals surface area contributed by atoms with Crippen LogP contribution in [0.4, 0.5) is 0 Å². The van der Waals surface area contributed by atoms with Crippen LogP contribution in [0.5, 0.6) is 0 Å². The number of hydrogen-bond acceptors (Lipinski definition) is 2. The zero-order valence-electron chi connectivity index (χ0n) is 9.17. The molecular weight excluding hydrogens is 160 g/mol. The third-order valence-corrected chi connectivity index (χ3v) is 2.58. The van der Waals surface area contributed by atoms with Gasteiger partial charge in [-0.05, 0) is 44.9 Å². The maximum absolute atomic E-state index is 4.24. The van der Waals surface area contributed by atoms with Gasteiger partial charge in [0.25, 0.3) is 0 Å². The first-order chi connectivity index (χ1) is 6.09. The molecule has 0 N–H and O–H groups in total. The van der Waals surface area contributed by atoms with Crippen molar-refractivity contribution >= 4 is 11.4 Å². The first kappa shape index (κ1) is 10.4. The van der Waals surface area contributed by atoms with E-state index in [0.717, 1.165) is 12.3 Å². The molecule has 0 spiro atoms. The second kappa shape index (κ2) is 4.54. The largest absolute Gasteiger partial charge is 0.160 e. The average Bonchev–Trinajstić information content (AvgIpc) is 2.19. The quantitative estimate of drug-likeness (QED) is 0.623. The van der Waals surface area contributed by atoms with Crippen LogP contribution in [0.25, 0.3) is 0 Å². The molecule has 2 heteroatoms. The van der Waals surface area contributed by atoms with E-state index in [2.05, 4.69) is 37.9 Å². The van der Waals surface area contributed by atoms with Crippen LogP contribution < -0.4 is 0 Å². The minimum absolute atomic E-state index is 0.654. The molecule has 1 rings (SSSR count). The van der Waals surface area contributed by atoms with Gasteiger partial charge in [-0.15, -0.1) is 0 Å². The number of hydrogen-bond donors (Lipinski definition) is 0. The van der Waals surface area contributed by atoms with Gasteiger partial charge in [0, 0.05) is 11.4 Å². The van der Waals surface area contributed by atoms with Gasteiger partial charge in [-0.25, -0.2) is 0 Å². The number of rotatable bonds is 2. The van der Waals surface area contributed by atoms with Crippen molar-refractivity contribution in [3.05, 3.63) is 0 Å². The molecule has 1 aliphatic rings. The molecule has 0 amide bonds. The molecule has 0 saturated heterocycles. The summed E-state index contributed by atoms with van der Waals surface area (Å²) in [4.78, 5) is 0. The Bertz CT molecular complexity index is 226. The third-order valence-electron chi connectivity index (χ3n) is 2.58. The maximum Gasteiger partial charge on any atom is 0.0406 e. The molecule has 0 fully saturated rings. The van der Waals surface area contributed by atoms with Crippen LogP contribution in [0.3, 0.4) is 0 Å². The summed E-state index contributed by atoms with van der Waals surface area (Å²) in [5, 5.41) is 8.41. The predicted octanol–water partition coefficient (Wildman–Crippen LogP) is 3.28. The van der Waals surface area contributed by atoms with E-state index in [1.165, 1.54) is 24.3 Å². The van der Waals surface area contributed by atoms with E-state index in [0.29, 0.717) is 5.92 Å². The Balaban J connectivity index is 2.60. The van der Waals surface area contributed by atoms with E-state index in [-0.39, 0.29) is 0 Å². The molecule has 0 aliphatic carbocycles. The zero-order valence-corrected chi connectivity index (χ0v) is 9.17. The zero-order chi connectivity index (χ0) is 9.84. The van der Waals surface area contributed by atoms with Crippen molar-refractivity contribution in [2.75, 3.05) is 0 Å². The molecule has 1 unspecified atom stereocenters. The first-order valence-corrected chi connectivity index (χ1v) is 5.17. The summed E-state index contributed by atoms with van der Waals surface area (Å²) in [6.07, 6.45) is 3.58. The highest BCUT2D eigenvalue weighted by molar-refractivity contribution is 5.89. The topological polar surface area (TPSA) is 24.7 Å². The van der Waals surface area contributed by atoms with Gasteiger partial charge in [-0.2, -0.15) is 10.2 Å². The fourth-order valence-electron chi connectivity index (χ4n) is 1.75. The van der Waals surface area contributed by atoms with Gasteiger partial charge in [-0.3, -0.25) is 0 Å². The van der Waals surface area contributed by atoms with Crippen molar-refractivity contribution in [2.24, 2.45) is 22.0 Å². The van der Waals surface area contributed by atoms with Crippen molar-refractivity contribution in [3.63, 3.8) is 0 Å². The second-order valence-corrected chi connectivity index (χ2v) is 4.44. The summed E-state index contributed by atoms with van der Waals surface area (Å²) in [5.74, 6) is 1.41. The highest BCUT2D eigenvalue weighted by Crippen LogP contribution is 2.21. The molecule has 1 heterocycles. The molecule has 0 aromatic rings. The predicted molar refractivity (Wildman–Crippen MR) is 58.4 cm³/mol. The normalized spacial score (nSPS) is 23.9. The molecular formula is C11H20N2. The Hall–Kier alpha value is -0.660. The minimum Gasteiger partial charge on any atom is -0.160 e. The summed E-state index contributed by atoms with van der Waals surface area (Å²) in [5.41, 5.74) is 2.39. The molecule has 2 nitrogen and oxygen atoms in total. The number of nitrogens with zero attached hydrogens (tertiary/aromatic N) is 2. The minimum atomic E-state index is 0.654. The van der Waals surface area contributed by atoms with Crippen LogP contribution in [0.15, 0.2) is 10.2 Å². The average molecular weight is 180 g/mol. The smallest absolute Gasteiger partial charge is 0.0406 e. The molecule has 1 aliphatic heterocycles. The highest BCUT2D eigenvalue weighted by atomic mass is 15.2. The summed E-state index contributed by atoms with van der Waals surface area (Å²) < 4.78 is 0. The Morgan fingerprint density at radius 3 is 2.62 bits per heavy atom. The molecule has 0 aromatic heterocycles. The van der Waals surface area contributed by atoms with Gasteiger partial charge >= 0.3 is 0 Å². The maximum atomic E-state index is 4.24. The third kappa shape index (κ3) is 3.29. The van der Waals surface area contributed by atoms with E-state index in [4.69, 9.17) is 0 Å². The Kier molecular flexibility index (Phi) is 3.64.